The maximum Gasteiger partial charge on any atom is 0.191 e. The first-order valence-electron chi connectivity index (χ1n) is 8.32. The van der Waals surface area contributed by atoms with Gasteiger partial charge in [0.05, 0.1) is 5.69 Å². The highest BCUT2D eigenvalue weighted by molar-refractivity contribution is 7.98. The van der Waals surface area contributed by atoms with Crippen molar-refractivity contribution in [2.24, 2.45) is 0 Å². The van der Waals surface area contributed by atoms with Crippen LogP contribution in [0.25, 0.3) is 22.7 Å². The van der Waals surface area contributed by atoms with E-state index in [0.29, 0.717) is 5.75 Å². The third-order valence-electron chi connectivity index (χ3n) is 3.94. The van der Waals surface area contributed by atoms with E-state index in [0.717, 1.165) is 40.1 Å². The summed E-state index contributed by atoms with van der Waals surface area (Å²) < 4.78 is 7.55. The van der Waals surface area contributed by atoms with E-state index in [1.807, 2.05) is 48.5 Å². The summed E-state index contributed by atoms with van der Waals surface area (Å²) in [6.45, 7) is 2.88. The molecule has 3 heterocycles. The van der Waals surface area contributed by atoms with Gasteiger partial charge in [0, 0.05) is 41.9 Å². The topological polar surface area (TPSA) is 69.6 Å². The molecule has 0 amide bonds. The Morgan fingerprint density at radius 2 is 1.81 bits per heavy atom. The molecule has 0 radical (unpaired) electrons. The summed E-state index contributed by atoms with van der Waals surface area (Å²) in [5, 5.41) is 13.7. The van der Waals surface area contributed by atoms with Crippen LogP contribution in [0.15, 0.2) is 70.6 Å². The third-order valence-corrected chi connectivity index (χ3v) is 4.94. The summed E-state index contributed by atoms with van der Waals surface area (Å²) in [6.07, 6.45) is 3.52. The van der Waals surface area contributed by atoms with Crippen molar-refractivity contribution in [1.29, 1.82) is 0 Å². The van der Waals surface area contributed by atoms with E-state index in [-0.39, 0.29) is 0 Å². The SMILES string of the molecule is CCn1c(SCc2cc(-c3ccccc3)on2)nnc1-c1ccncc1. The quantitative estimate of drug-likeness (QED) is 0.476. The molecule has 3 aromatic heterocycles. The van der Waals surface area contributed by atoms with Crippen LogP contribution >= 0.6 is 11.8 Å². The fraction of sp³-hybridized carbons (Fsp3) is 0.158. The van der Waals surface area contributed by atoms with E-state index >= 15 is 0 Å². The van der Waals surface area contributed by atoms with Crippen molar-refractivity contribution in [1.82, 2.24) is 24.9 Å². The lowest BCUT2D eigenvalue weighted by Crippen LogP contribution is -2.00. The molecule has 1 aromatic carbocycles. The number of aromatic nitrogens is 5. The summed E-state index contributed by atoms with van der Waals surface area (Å²) in [4.78, 5) is 4.06. The molecule has 0 saturated carbocycles. The molecule has 26 heavy (non-hydrogen) atoms. The van der Waals surface area contributed by atoms with E-state index in [9.17, 15) is 0 Å². The predicted molar refractivity (Wildman–Crippen MR) is 100 cm³/mol. The first kappa shape index (κ1) is 16.5. The van der Waals surface area contributed by atoms with Gasteiger partial charge in [-0.05, 0) is 19.1 Å². The summed E-state index contributed by atoms with van der Waals surface area (Å²) in [6, 6.07) is 15.8. The van der Waals surface area contributed by atoms with Gasteiger partial charge in [-0.2, -0.15) is 0 Å². The molecule has 4 rings (SSSR count). The van der Waals surface area contributed by atoms with Gasteiger partial charge >= 0.3 is 0 Å². The maximum atomic E-state index is 5.46. The molecule has 0 aliphatic heterocycles. The van der Waals surface area contributed by atoms with Crippen LogP contribution in [0.3, 0.4) is 0 Å². The molecule has 0 spiro atoms. The van der Waals surface area contributed by atoms with E-state index in [1.165, 1.54) is 0 Å². The Kier molecular flexibility index (Phi) is 4.79. The Balaban J connectivity index is 1.50. The molecule has 0 atom stereocenters. The standard InChI is InChI=1S/C19H17N5OS/c1-2-24-18(15-8-10-20-11-9-15)21-22-19(24)26-13-16-12-17(25-23-16)14-6-4-3-5-7-14/h3-12H,2,13H2,1H3. The van der Waals surface area contributed by atoms with Crippen LogP contribution in [0.1, 0.15) is 12.6 Å². The van der Waals surface area contributed by atoms with E-state index in [2.05, 4.69) is 31.8 Å². The highest BCUT2D eigenvalue weighted by Crippen LogP contribution is 2.27. The Hall–Kier alpha value is -2.93. The lowest BCUT2D eigenvalue weighted by molar-refractivity contribution is 0.426. The second kappa shape index (κ2) is 7.53. The third kappa shape index (κ3) is 3.39. The smallest absolute Gasteiger partial charge is 0.191 e. The van der Waals surface area contributed by atoms with Gasteiger partial charge in [0.25, 0.3) is 0 Å². The first-order chi connectivity index (χ1) is 12.8. The fourth-order valence-electron chi connectivity index (χ4n) is 2.65. The van der Waals surface area contributed by atoms with Crippen LogP contribution in [-0.2, 0) is 12.3 Å². The van der Waals surface area contributed by atoms with Gasteiger partial charge in [0.15, 0.2) is 16.7 Å². The second-order valence-electron chi connectivity index (χ2n) is 5.62. The first-order valence-corrected chi connectivity index (χ1v) is 9.31. The van der Waals surface area contributed by atoms with E-state index in [1.54, 1.807) is 24.2 Å². The Morgan fingerprint density at radius 1 is 1.00 bits per heavy atom. The average molecular weight is 363 g/mol. The molecule has 0 bridgehead atoms. The van der Waals surface area contributed by atoms with Crippen molar-refractivity contribution in [3.8, 4) is 22.7 Å². The maximum absolute atomic E-state index is 5.46. The average Bonchev–Trinajstić information content (AvgIpc) is 3.34. The van der Waals surface area contributed by atoms with Gasteiger partial charge in [-0.3, -0.25) is 4.98 Å². The zero-order valence-electron chi connectivity index (χ0n) is 14.2. The monoisotopic (exact) mass is 363 g/mol. The molecule has 0 saturated heterocycles. The number of hydrogen-bond donors (Lipinski definition) is 0. The van der Waals surface area contributed by atoms with Crippen molar-refractivity contribution < 1.29 is 4.52 Å². The minimum atomic E-state index is 0.671. The fourth-order valence-corrected chi connectivity index (χ4v) is 3.53. The number of nitrogens with zero attached hydrogens (tertiary/aromatic N) is 5. The Labute approximate surface area is 155 Å². The summed E-state index contributed by atoms with van der Waals surface area (Å²) >= 11 is 1.60. The molecule has 7 heteroatoms. The molecule has 0 aliphatic carbocycles. The minimum absolute atomic E-state index is 0.671. The van der Waals surface area contributed by atoms with Crippen LogP contribution in [0.2, 0.25) is 0 Å². The van der Waals surface area contributed by atoms with Gasteiger partial charge in [-0.1, -0.05) is 47.3 Å². The van der Waals surface area contributed by atoms with E-state index in [4.69, 9.17) is 4.52 Å². The van der Waals surface area contributed by atoms with Crippen molar-refractivity contribution in [3.05, 3.63) is 66.6 Å². The normalized spacial score (nSPS) is 11.0. The van der Waals surface area contributed by atoms with Crippen molar-refractivity contribution >= 4 is 11.8 Å². The van der Waals surface area contributed by atoms with E-state index < -0.39 is 0 Å². The minimum Gasteiger partial charge on any atom is -0.356 e. The number of benzene rings is 1. The summed E-state index contributed by atoms with van der Waals surface area (Å²) in [7, 11) is 0. The lowest BCUT2D eigenvalue weighted by Gasteiger charge is -2.06. The molecule has 0 fully saturated rings. The van der Waals surface area contributed by atoms with Crippen molar-refractivity contribution in [2.45, 2.75) is 24.4 Å². The molecule has 4 aromatic rings. The largest absolute Gasteiger partial charge is 0.356 e. The van der Waals surface area contributed by atoms with Gasteiger partial charge in [-0.25, -0.2) is 0 Å². The zero-order valence-corrected chi connectivity index (χ0v) is 15.1. The van der Waals surface area contributed by atoms with Crippen molar-refractivity contribution in [3.63, 3.8) is 0 Å². The van der Waals surface area contributed by atoms with Crippen LogP contribution in [0.5, 0.6) is 0 Å². The van der Waals surface area contributed by atoms with Gasteiger partial charge in [-0.15, -0.1) is 10.2 Å². The highest BCUT2D eigenvalue weighted by atomic mass is 32.2. The summed E-state index contributed by atoms with van der Waals surface area (Å²) in [5.74, 6) is 2.29. The molecule has 0 N–H and O–H groups in total. The molecule has 6 nitrogen and oxygen atoms in total. The van der Waals surface area contributed by atoms with Crippen LogP contribution in [0, 0.1) is 0 Å². The molecular weight excluding hydrogens is 346 g/mol. The Bertz CT molecular complexity index is 982. The molecular formula is C19H17N5OS. The number of rotatable bonds is 6. The Morgan fingerprint density at radius 3 is 2.58 bits per heavy atom. The van der Waals surface area contributed by atoms with Crippen LogP contribution < -0.4 is 0 Å². The predicted octanol–water partition coefficient (Wildman–Crippen LogP) is 4.31. The van der Waals surface area contributed by atoms with Crippen molar-refractivity contribution in [2.75, 3.05) is 0 Å². The second-order valence-corrected chi connectivity index (χ2v) is 6.57. The number of hydrogen-bond acceptors (Lipinski definition) is 6. The summed E-state index contributed by atoms with van der Waals surface area (Å²) in [5.41, 5.74) is 2.91. The van der Waals surface area contributed by atoms with Crippen LogP contribution in [0.4, 0.5) is 0 Å². The van der Waals surface area contributed by atoms with Gasteiger partial charge in [0.2, 0.25) is 0 Å². The van der Waals surface area contributed by atoms with Crippen LogP contribution in [-0.4, -0.2) is 24.9 Å². The molecule has 130 valence electrons. The van der Waals surface area contributed by atoms with Gasteiger partial charge in [0.1, 0.15) is 0 Å². The van der Waals surface area contributed by atoms with Gasteiger partial charge < -0.3 is 9.09 Å². The molecule has 0 unspecified atom stereocenters. The molecule has 0 aliphatic rings. The highest BCUT2D eigenvalue weighted by Gasteiger charge is 2.14. The lowest BCUT2D eigenvalue weighted by atomic mass is 10.2. The number of pyridine rings is 1. The zero-order chi connectivity index (χ0) is 17.8. The number of thioether (sulfide) groups is 1.